The average Bonchev–Trinajstić information content (AvgIpc) is 2.86. The Kier molecular flexibility index (Phi) is 3.51. The van der Waals surface area contributed by atoms with Crippen molar-refractivity contribution in [2.75, 3.05) is 5.75 Å². The van der Waals surface area contributed by atoms with E-state index in [2.05, 4.69) is 17.1 Å². The summed E-state index contributed by atoms with van der Waals surface area (Å²) in [6.07, 6.45) is 3.41. The molecule has 1 heterocycles. The molecule has 1 aromatic rings. The maximum Gasteiger partial charge on any atom is 0.230 e. The highest BCUT2D eigenvalue weighted by Gasteiger charge is 2.30. The summed E-state index contributed by atoms with van der Waals surface area (Å²) in [5.74, 6) is 1.74. The number of nitrogens with zero attached hydrogens (tertiary/aromatic N) is 2. The first kappa shape index (κ1) is 12.5. The number of aromatic nitrogens is 2. The van der Waals surface area contributed by atoms with E-state index in [9.17, 15) is 8.42 Å². The lowest BCUT2D eigenvalue weighted by Crippen LogP contribution is -2.08. The Bertz CT molecular complexity index is 481. The molecule has 1 saturated carbocycles. The summed E-state index contributed by atoms with van der Waals surface area (Å²) in [4.78, 5) is 4.22. The summed E-state index contributed by atoms with van der Waals surface area (Å²) < 4.78 is 28.1. The highest BCUT2D eigenvalue weighted by molar-refractivity contribution is 7.90. The molecule has 0 bridgehead atoms. The van der Waals surface area contributed by atoms with Crippen LogP contribution >= 0.6 is 0 Å². The van der Waals surface area contributed by atoms with E-state index in [1.165, 1.54) is 12.8 Å². The van der Waals surface area contributed by atoms with Crippen molar-refractivity contribution in [3.8, 4) is 0 Å². The van der Waals surface area contributed by atoms with Crippen LogP contribution in [0.25, 0.3) is 0 Å². The standard InChI is InChI=1S/C11H18N2O3S/c1-3-17(14,15)7-10-12-11(16-13-10)9-6-4-5-8(9)2/h8-9H,3-7H2,1-2H3. The molecule has 0 N–H and O–H groups in total. The van der Waals surface area contributed by atoms with Crippen LogP contribution in [0, 0.1) is 5.92 Å². The molecule has 0 aliphatic heterocycles. The largest absolute Gasteiger partial charge is 0.339 e. The first-order valence-electron chi connectivity index (χ1n) is 6.04. The zero-order valence-corrected chi connectivity index (χ0v) is 11.0. The molecule has 1 aliphatic rings. The van der Waals surface area contributed by atoms with Crippen molar-refractivity contribution < 1.29 is 12.9 Å². The third kappa shape index (κ3) is 2.86. The summed E-state index contributed by atoms with van der Waals surface area (Å²) in [7, 11) is -3.08. The third-order valence-electron chi connectivity index (χ3n) is 3.45. The Morgan fingerprint density at radius 3 is 2.76 bits per heavy atom. The van der Waals surface area contributed by atoms with E-state index < -0.39 is 9.84 Å². The second kappa shape index (κ2) is 4.76. The predicted molar refractivity (Wildman–Crippen MR) is 63.2 cm³/mol. The minimum Gasteiger partial charge on any atom is -0.339 e. The highest BCUT2D eigenvalue weighted by atomic mass is 32.2. The first-order valence-corrected chi connectivity index (χ1v) is 7.87. The number of hydrogen-bond donors (Lipinski definition) is 0. The molecule has 2 unspecified atom stereocenters. The number of sulfone groups is 1. The lowest BCUT2D eigenvalue weighted by molar-refractivity contribution is 0.329. The normalized spacial score (nSPS) is 25.3. The van der Waals surface area contributed by atoms with Crippen molar-refractivity contribution in [1.82, 2.24) is 10.1 Å². The Labute approximate surface area is 102 Å². The van der Waals surface area contributed by atoms with Crippen molar-refractivity contribution >= 4 is 9.84 Å². The van der Waals surface area contributed by atoms with Crippen LogP contribution in [0.1, 0.15) is 50.7 Å². The van der Waals surface area contributed by atoms with Gasteiger partial charge in [-0.3, -0.25) is 0 Å². The van der Waals surface area contributed by atoms with Crippen LogP contribution in [0.4, 0.5) is 0 Å². The van der Waals surface area contributed by atoms with E-state index in [1.807, 2.05) is 0 Å². The minimum atomic E-state index is -3.08. The van der Waals surface area contributed by atoms with E-state index in [1.54, 1.807) is 6.92 Å². The first-order chi connectivity index (χ1) is 8.02. The van der Waals surface area contributed by atoms with Gasteiger partial charge < -0.3 is 4.52 Å². The van der Waals surface area contributed by atoms with Gasteiger partial charge in [-0.2, -0.15) is 4.98 Å². The molecule has 1 aliphatic carbocycles. The quantitative estimate of drug-likeness (QED) is 0.824. The van der Waals surface area contributed by atoms with Crippen LogP contribution in [-0.4, -0.2) is 24.3 Å². The van der Waals surface area contributed by atoms with E-state index in [0.717, 1.165) is 6.42 Å². The second-order valence-electron chi connectivity index (χ2n) is 4.74. The number of rotatable bonds is 4. The van der Waals surface area contributed by atoms with Gasteiger partial charge in [0.2, 0.25) is 5.89 Å². The smallest absolute Gasteiger partial charge is 0.230 e. The summed E-state index contributed by atoms with van der Waals surface area (Å²) >= 11 is 0. The summed E-state index contributed by atoms with van der Waals surface area (Å²) in [6, 6.07) is 0. The maximum atomic E-state index is 11.4. The van der Waals surface area contributed by atoms with Gasteiger partial charge in [0.1, 0.15) is 5.75 Å². The topological polar surface area (TPSA) is 73.1 Å². The zero-order chi connectivity index (χ0) is 12.5. The molecule has 1 aromatic heterocycles. The summed E-state index contributed by atoms with van der Waals surface area (Å²) in [5.41, 5.74) is 0. The maximum absolute atomic E-state index is 11.4. The molecule has 0 radical (unpaired) electrons. The zero-order valence-electron chi connectivity index (χ0n) is 10.2. The molecule has 6 heteroatoms. The molecular formula is C11H18N2O3S. The fourth-order valence-corrected chi connectivity index (χ4v) is 3.00. The molecule has 0 saturated heterocycles. The average molecular weight is 258 g/mol. The van der Waals surface area contributed by atoms with E-state index >= 15 is 0 Å². The minimum absolute atomic E-state index is 0.108. The van der Waals surface area contributed by atoms with Crippen LogP contribution in [0.2, 0.25) is 0 Å². The fourth-order valence-electron chi connectivity index (χ4n) is 2.29. The van der Waals surface area contributed by atoms with Gasteiger partial charge in [-0.25, -0.2) is 8.42 Å². The molecule has 5 nitrogen and oxygen atoms in total. The lowest BCUT2D eigenvalue weighted by Gasteiger charge is -2.08. The van der Waals surface area contributed by atoms with Gasteiger partial charge in [-0.05, 0) is 18.8 Å². The van der Waals surface area contributed by atoms with Crippen LogP contribution in [-0.2, 0) is 15.6 Å². The molecule has 0 spiro atoms. The Hall–Kier alpha value is -0.910. The molecule has 96 valence electrons. The number of hydrogen-bond acceptors (Lipinski definition) is 5. The molecular weight excluding hydrogens is 240 g/mol. The third-order valence-corrected chi connectivity index (χ3v) is 5.03. The van der Waals surface area contributed by atoms with E-state index in [0.29, 0.717) is 23.6 Å². The summed E-state index contributed by atoms with van der Waals surface area (Å²) in [6.45, 7) is 3.79. The van der Waals surface area contributed by atoms with E-state index in [-0.39, 0.29) is 11.5 Å². The Morgan fingerprint density at radius 2 is 2.18 bits per heavy atom. The molecule has 2 atom stereocenters. The molecule has 0 aromatic carbocycles. The molecule has 1 fully saturated rings. The van der Waals surface area contributed by atoms with Crippen LogP contribution < -0.4 is 0 Å². The van der Waals surface area contributed by atoms with Gasteiger partial charge in [0.25, 0.3) is 0 Å². The van der Waals surface area contributed by atoms with Crippen LogP contribution in [0.5, 0.6) is 0 Å². The van der Waals surface area contributed by atoms with Crippen molar-refractivity contribution in [3.05, 3.63) is 11.7 Å². The van der Waals surface area contributed by atoms with Crippen molar-refractivity contribution in [1.29, 1.82) is 0 Å². The van der Waals surface area contributed by atoms with Gasteiger partial charge >= 0.3 is 0 Å². The van der Waals surface area contributed by atoms with Gasteiger partial charge in [0.15, 0.2) is 15.7 Å². The Balaban J connectivity index is 2.11. The van der Waals surface area contributed by atoms with Gasteiger partial charge in [0.05, 0.1) is 0 Å². The second-order valence-corrected chi connectivity index (χ2v) is 7.09. The predicted octanol–water partition coefficient (Wildman–Crippen LogP) is 1.91. The Morgan fingerprint density at radius 1 is 1.41 bits per heavy atom. The monoisotopic (exact) mass is 258 g/mol. The van der Waals surface area contributed by atoms with Crippen molar-refractivity contribution in [2.24, 2.45) is 5.92 Å². The molecule has 17 heavy (non-hydrogen) atoms. The fraction of sp³-hybridized carbons (Fsp3) is 0.818. The summed E-state index contributed by atoms with van der Waals surface area (Å²) in [5, 5.41) is 3.76. The van der Waals surface area contributed by atoms with Crippen LogP contribution in [0.3, 0.4) is 0 Å². The van der Waals surface area contributed by atoms with Crippen molar-refractivity contribution in [2.45, 2.75) is 44.8 Å². The van der Waals surface area contributed by atoms with E-state index in [4.69, 9.17) is 4.52 Å². The van der Waals surface area contributed by atoms with Gasteiger partial charge in [-0.15, -0.1) is 0 Å². The highest BCUT2D eigenvalue weighted by Crippen LogP contribution is 2.38. The molecule has 0 amide bonds. The van der Waals surface area contributed by atoms with Gasteiger partial charge in [0, 0.05) is 11.7 Å². The SMILES string of the molecule is CCS(=O)(=O)Cc1noc(C2CCCC2C)n1. The molecule has 2 rings (SSSR count). The lowest BCUT2D eigenvalue weighted by atomic mass is 9.98. The van der Waals surface area contributed by atoms with Crippen LogP contribution in [0.15, 0.2) is 4.52 Å². The van der Waals surface area contributed by atoms with Crippen molar-refractivity contribution in [3.63, 3.8) is 0 Å². The van der Waals surface area contributed by atoms with Gasteiger partial charge in [-0.1, -0.05) is 25.4 Å².